The topological polar surface area (TPSA) is 84.1 Å². The Labute approximate surface area is 199 Å². The number of ether oxygens (including phenoxy) is 1. The molecule has 7 heteroatoms. The second-order valence-corrected chi connectivity index (χ2v) is 9.90. The number of hydrogen-bond donors (Lipinski definition) is 1. The highest BCUT2D eigenvalue weighted by Crippen LogP contribution is 2.37. The Morgan fingerprint density at radius 3 is 2.61 bits per heavy atom. The first-order chi connectivity index (χ1) is 15.9. The van der Waals surface area contributed by atoms with E-state index in [2.05, 4.69) is 28.4 Å². The highest BCUT2D eigenvalue weighted by atomic mass is 32.2. The molecule has 1 unspecified atom stereocenters. The number of nitriles is 1. The third kappa shape index (κ3) is 5.87. The van der Waals surface area contributed by atoms with E-state index in [0.717, 1.165) is 59.3 Å². The average Bonchev–Trinajstić information content (AvgIpc) is 2.97. The average molecular weight is 472 g/mol. The maximum absolute atomic E-state index is 12.0. The monoisotopic (exact) mass is 471 g/mol. The number of nitrogens with one attached hydrogen (secondary N) is 1. The van der Waals surface area contributed by atoms with Crippen molar-refractivity contribution in [3.8, 4) is 11.8 Å². The fourth-order valence-corrected chi connectivity index (χ4v) is 4.99. The van der Waals surface area contributed by atoms with Gasteiger partial charge in [-0.25, -0.2) is 13.1 Å². The van der Waals surface area contributed by atoms with Crippen molar-refractivity contribution in [2.45, 2.75) is 72.9 Å². The molecule has 33 heavy (non-hydrogen) atoms. The molecule has 0 aliphatic heterocycles. The zero-order valence-corrected chi connectivity index (χ0v) is 21.6. The standard InChI is InChI=1S/C24H31N3O3S.C2H6/c1-5-7-15-27-23-17(3)22(30-4)14-13-20(23)21(16-25)24(27)18-9-8-10-19(12-11-18)26-31(28,29)6-2;1-2/h9,11-14,19,26H,5-8,10,15H2,1-4H3;1-2H3. The Balaban J connectivity index is 0.00000187. The molecule has 180 valence electrons. The molecule has 1 heterocycles. The molecule has 1 N–H and O–H groups in total. The van der Waals surface area contributed by atoms with Gasteiger partial charge in [0, 0.05) is 23.5 Å². The summed E-state index contributed by atoms with van der Waals surface area (Å²) in [6, 6.07) is 6.06. The number of methoxy groups -OCH3 is 1. The zero-order chi connectivity index (χ0) is 24.6. The van der Waals surface area contributed by atoms with Crippen molar-refractivity contribution in [1.29, 1.82) is 5.26 Å². The molecular weight excluding hydrogens is 434 g/mol. The minimum Gasteiger partial charge on any atom is -0.496 e. The number of hydrogen-bond acceptors (Lipinski definition) is 4. The lowest BCUT2D eigenvalue weighted by Crippen LogP contribution is -2.34. The lowest BCUT2D eigenvalue weighted by atomic mass is 10.0. The molecule has 0 amide bonds. The number of allylic oxidation sites excluding steroid dienone is 3. The minimum atomic E-state index is -3.28. The number of benzene rings is 1. The number of aromatic nitrogens is 1. The third-order valence-electron chi connectivity index (χ3n) is 5.83. The van der Waals surface area contributed by atoms with E-state index >= 15 is 0 Å². The summed E-state index contributed by atoms with van der Waals surface area (Å²) in [5, 5.41) is 11.0. The summed E-state index contributed by atoms with van der Waals surface area (Å²) in [5.74, 6) is 0.862. The predicted molar refractivity (Wildman–Crippen MR) is 137 cm³/mol. The maximum atomic E-state index is 12.0. The lowest BCUT2D eigenvalue weighted by Gasteiger charge is -2.14. The number of unbranched alkanes of at least 4 members (excludes halogenated alkanes) is 1. The largest absolute Gasteiger partial charge is 0.496 e. The van der Waals surface area contributed by atoms with Crippen molar-refractivity contribution < 1.29 is 13.2 Å². The summed E-state index contributed by atoms with van der Waals surface area (Å²) in [4.78, 5) is 0. The van der Waals surface area contributed by atoms with E-state index in [0.29, 0.717) is 12.0 Å². The van der Waals surface area contributed by atoms with Gasteiger partial charge in [-0.1, -0.05) is 45.4 Å². The van der Waals surface area contributed by atoms with E-state index in [-0.39, 0.29) is 11.8 Å². The Kier molecular flexibility index (Phi) is 9.75. The van der Waals surface area contributed by atoms with Gasteiger partial charge >= 0.3 is 0 Å². The normalized spacial score (nSPS) is 15.9. The summed E-state index contributed by atoms with van der Waals surface area (Å²) in [6.07, 6.45) is 9.42. The Morgan fingerprint density at radius 1 is 1.27 bits per heavy atom. The fourth-order valence-electron chi connectivity index (χ4n) is 4.17. The summed E-state index contributed by atoms with van der Waals surface area (Å²) in [5.41, 5.74) is 4.56. The molecule has 0 saturated carbocycles. The van der Waals surface area contributed by atoms with Crippen LogP contribution in [0.25, 0.3) is 16.5 Å². The zero-order valence-electron chi connectivity index (χ0n) is 20.7. The van der Waals surface area contributed by atoms with Crippen molar-refractivity contribution >= 4 is 26.5 Å². The van der Waals surface area contributed by atoms with Crippen molar-refractivity contribution in [3.05, 3.63) is 47.2 Å². The van der Waals surface area contributed by atoms with Crippen LogP contribution >= 0.6 is 0 Å². The molecule has 6 nitrogen and oxygen atoms in total. The molecule has 0 spiro atoms. The summed E-state index contributed by atoms with van der Waals surface area (Å²) in [6.45, 7) is 10.6. The van der Waals surface area contributed by atoms with Crippen molar-refractivity contribution in [2.75, 3.05) is 12.9 Å². The van der Waals surface area contributed by atoms with Crippen LogP contribution in [0.5, 0.6) is 5.75 Å². The van der Waals surface area contributed by atoms with E-state index in [9.17, 15) is 13.7 Å². The summed E-state index contributed by atoms with van der Waals surface area (Å²) >= 11 is 0. The van der Waals surface area contributed by atoms with E-state index in [1.165, 1.54) is 0 Å². The van der Waals surface area contributed by atoms with Crippen LogP contribution in [-0.2, 0) is 16.6 Å². The molecule has 2 aromatic rings. The van der Waals surface area contributed by atoms with Gasteiger partial charge in [0.05, 0.1) is 29.6 Å². The number of fused-ring (bicyclic) bond motifs is 1. The Hall–Kier alpha value is -2.56. The Bertz CT molecular complexity index is 1170. The number of aryl methyl sites for hydroxylation is 2. The van der Waals surface area contributed by atoms with E-state index in [4.69, 9.17) is 4.74 Å². The summed E-state index contributed by atoms with van der Waals surface area (Å²) in [7, 11) is -1.62. The van der Waals surface area contributed by atoms with Gasteiger partial charge in [-0.05, 0) is 50.8 Å². The highest BCUT2D eigenvalue weighted by Gasteiger charge is 2.23. The molecule has 1 atom stereocenters. The molecule has 1 aliphatic carbocycles. The van der Waals surface area contributed by atoms with E-state index in [1.54, 1.807) is 14.0 Å². The molecule has 1 aromatic heterocycles. The maximum Gasteiger partial charge on any atom is 0.211 e. The van der Waals surface area contributed by atoms with Gasteiger partial charge in [0.2, 0.25) is 10.0 Å². The molecule has 1 aromatic carbocycles. The van der Waals surface area contributed by atoms with Gasteiger partial charge in [0.15, 0.2) is 0 Å². The van der Waals surface area contributed by atoms with Crippen LogP contribution in [0.15, 0.2) is 30.4 Å². The molecule has 0 fully saturated rings. The molecule has 0 saturated heterocycles. The van der Waals surface area contributed by atoms with Gasteiger partial charge in [-0.15, -0.1) is 0 Å². The van der Waals surface area contributed by atoms with Crippen molar-refractivity contribution in [2.24, 2.45) is 0 Å². The number of nitrogens with zero attached hydrogens (tertiary/aromatic N) is 2. The number of sulfonamides is 1. The molecule has 3 rings (SSSR count). The summed E-state index contributed by atoms with van der Waals surface area (Å²) < 4.78 is 34.5. The molecule has 0 bridgehead atoms. The van der Waals surface area contributed by atoms with Crippen LogP contribution < -0.4 is 9.46 Å². The first kappa shape index (κ1) is 26.7. The molecular formula is C26H37N3O3S. The lowest BCUT2D eigenvalue weighted by molar-refractivity contribution is 0.412. The number of rotatable bonds is 8. The van der Waals surface area contributed by atoms with E-state index in [1.807, 2.05) is 45.1 Å². The van der Waals surface area contributed by atoms with Crippen LogP contribution in [0.3, 0.4) is 0 Å². The van der Waals surface area contributed by atoms with Crippen LogP contribution in [0.1, 0.15) is 70.2 Å². The van der Waals surface area contributed by atoms with Gasteiger partial charge in [-0.2, -0.15) is 5.26 Å². The first-order valence-electron chi connectivity index (χ1n) is 11.8. The first-order valence-corrected chi connectivity index (χ1v) is 13.5. The van der Waals surface area contributed by atoms with E-state index < -0.39 is 10.0 Å². The second-order valence-electron chi connectivity index (χ2n) is 7.85. The van der Waals surface area contributed by atoms with Crippen LogP contribution in [0.4, 0.5) is 0 Å². The molecule has 1 aliphatic rings. The predicted octanol–water partition coefficient (Wildman–Crippen LogP) is 5.70. The van der Waals surface area contributed by atoms with Gasteiger partial charge in [0.1, 0.15) is 11.8 Å². The van der Waals surface area contributed by atoms with Crippen molar-refractivity contribution in [3.63, 3.8) is 0 Å². The smallest absolute Gasteiger partial charge is 0.211 e. The quantitative estimate of drug-likeness (QED) is 0.535. The minimum absolute atomic E-state index is 0.0581. The van der Waals surface area contributed by atoms with Gasteiger partial charge in [0.25, 0.3) is 0 Å². The van der Waals surface area contributed by atoms with Gasteiger partial charge < -0.3 is 9.30 Å². The fraction of sp³-hybridized carbons (Fsp3) is 0.500. The van der Waals surface area contributed by atoms with Crippen molar-refractivity contribution in [1.82, 2.24) is 9.29 Å². The highest BCUT2D eigenvalue weighted by molar-refractivity contribution is 7.89. The van der Waals surface area contributed by atoms with Gasteiger partial charge in [-0.3, -0.25) is 0 Å². The SMILES string of the molecule is CC.CCCCn1c(C2=CCCC(NS(=O)(=O)CC)C=C2)c(C#N)c2ccc(OC)c(C)c21. The van der Waals surface area contributed by atoms with Crippen LogP contribution in [0, 0.1) is 18.3 Å². The molecule has 0 radical (unpaired) electrons. The van der Waals surface area contributed by atoms with Crippen LogP contribution in [-0.4, -0.2) is 31.9 Å². The second kappa shape index (κ2) is 12.1. The van der Waals surface area contributed by atoms with Crippen LogP contribution in [0.2, 0.25) is 0 Å². The third-order valence-corrected chi connectivity index (χ3v) is 7.25. The Morgan fingerprint density at radius 2 is 2.00 bits per heavy atom.